The van der Waals surface area contributed by atoms with E-state index in [4.69, 9.17) is 0 Å². The molecule has 0 bridgehead atoms. The van der Waals surface area contributed by atoms with Crippen LogP contribution in [0.5, 0.6) is 0 Å². The second kappa shape index (κ2) is 9.70. The Morgan fingerprint density at radius 1 is 1.03 bits per heavy atom. The number of carbonyl (C=O) groups excluding carboxylic acids is 1. The predicted octanol–water partition coefficient (Wildman–Crippen LogP) is 4.86. The molecule has 0 radical (unpaired) electrons. The van der Waals surface area contributed by atoms with E-state index in [0.717, 1.165) is 34.8 Å². The number of halogens is 3. The van der Waals surface area contributed by atoms with Gasteiger partial charge in [-0.1, -0.05) is 30.3 Å². The molecule has 1 fully saturated rings. The minimum atomic E-state index is -4.77. The molecule has 1 aliphatic heterocycles. The first kappa shape index (κ1) is 24.7. The molecule has 4 rings (SSSR count). The van der Waals surface area contributed by atoms with Crippen LogP contribution in [-0.2, 0) is 33.8 Å². The van der Waals surface area contributed by atoms with Gasteiger partial charge in [0.25, 0.3) is 0 Å². The Morgan fingerprint density at radius 3 is 2.35 bits per heavy atom. The fraction of sp³-hybridized carbons (Fsp3) is 0.480. The number of benzene rings is 2. The fourth-order valence-corrected chi connectivity index (χ4v) is 6.54. The molecule has 1 saturated heterocycles. The van der Waals surface area contributed by atoms with E-state index in [-0.39, 0.29) is 43.8 Å². The van der Waals surface area contributed by atoms with Crippen molar-refractivity contribution >= 4 is 15.9 Å². The summed E-state index contributed by atoms with van der Waals surface area (Å²) in [4.78, 5) is 12.1. The topological polar surface area (TPSA) is 66.5 Å². The maximum absolute atomic E-state index is 13.3. The highest BCUT2D eigenvalue weighted by molar-refractivity contribution is 7.89. The number of alkyl halides is 3. The van der Waals surface area contributed by atoms with Gasteiger partial charge in [-0.2, -0.15) is 17.5 Å². The van der Waals surface area contributed by atoms with E-state index >= 15 is 0 Å². The maximum atomic E-state index is 13.3. The first-order chi connectivity index (χ1) is 16.1. The number of carbonyl (C=O) groups is 1. The summed E-state index contributed by atoms with van der Waals surface area (Å²) < 4.78 is 66.9. The summed E-state index contributed by atoms with van der Waals surface area (Å²) in [7, 11) is -4.32. The van der Waals surface area contributed by atoms with Crippen molar-refractivity contribution in [1.82, 2.24) is 9.62 Å². The monoisotopic (exact) mass is 494 g/mol. The largest absolute Gasteiger partial charge is 0.417 e. The summed E-state index contributed by atoms with van der Waals surface area (Å²) in [5.74, 6) is -0.539. The quantitative estimate of drug-likeness (QED) is 0.646. The lowest BCUT2D eigenvalue weighted by Crippen LogP contribution is -2.43. The van der Waals surface area contributed by atoms with Crippen molar-refractivity contribution in [3.8, 4) is 0 Å². The standard InChI is InChI=1S/C25H29F3N2O3S/c1-17(20-11-10-18-6-2-3-7-21(18)16-20)29-24(31)19-12-14-30(15-13-19)34(32,33)23-9-5-4-8-22(23)25(26,27)28/h4-5,8-11,16-17,19H,2-3,6-7,12-15H2,1H3,(H,29,31). The second-order valence-electron chi connectivity index (χ2n) is 9.14. The zero-order valence-electron chi connectivity index (χ0n) is 19.1. The van der Waals surface area contributed by atoms with Gasteiger partial charge in [0, 0.05) is 19.0 Å². The lowest BCUT2D eigenvalue weighted by Gasteiger charge is -2.32. The van der Waals surface area contributed by atoms with E-state index in [0.29, 0.717) is 0 Å². The molecule has 34 heavy (non-hydrogen) atoms. The lowest BCUT2D eigenvalue weighted by atomic mass is 9.89. The predicted molar refractivity (Wildman–Crippen MR) is 123 cm³/mol. The van der Waals surface area contributed by atoms with Crippen molar-refractivity contribution in [2.45, 2.75) is 62.6 Å². The average molecular weight is 495 g/mol. The number of sulfonamides is 1. The Bertz CT molecular complexity index is 1160. The van der Waals surface area contributed by atoms with Gasteiger partial charge in [-0.05, 0) is 74.3 Å². The van der Waals surface area contributed by atoms with E-state index in [1.807, 2.05) is 13.0 Å². The zero-order valence-corrected chi connectivity index (χ0v) is 19.9. The van der Waals surface area contributed by atoms with Gasteiger partial charge in [0.1, 0.15) is 0 Å². The molecule has 2 aromatic rings. The van der Waals surface area contributed by atoms with Crippen molar-refractivity contribution in [1.29, 1.82) is 0 Å². The Balaban J connectivity index is 1.39. The van der Waals surface area contributed by atoms with Crippen LogP contribution in [0.3, 0.4) is 0 Å². The van der Waals surface area contributed by atoms with E-state index in [2.05, 4.69) is 17.4 Å². The van der Waals surface area contributed by atoms with Crippen molar-refractivity contribution in [2.75, 3.05) is 13.1 Å². The molecule has 1 unspecified atom stereocenters. The van der Waals surface area contributed by atoms with Gasteiger partial charge in [-0.15, -0.1) is 0 Å². The van der Waals surface area contributed by atoms with Crippen LogP contribution < -0.4 is 5.32 Å². The van der Waals surface area contributed by atoms with Gasteiger partial charge in [-0.25, -0.2) is 8.42 Å². The second-order valence-corrected chi connectivity index (χ2v) is 11.0. The van der Waals surface area contributed by atoms with Crippen LogP contribution in [0, 0.1) is 5.92 Å². The number of aryl methyl sites for hydroxylation is 2. The number of fused-ring (bicyclic) bond motifs is 1. The van der Waals surface area contributed by atoms with E-state index in [9.17, 15) is 26.4 Å². The summed E-state index contributed by atoms with van der Waals surface area (Å²) in [5, 5.41) is 3.03. The van der Waals surface area contributed by atoms with E-state index in [1.165, 1.54) is 36.1 Å². The van der Waals surface area contributed by atoms with Crippen LogP contribution in [0.25, 0.3) is 0 Å². The third-order valence-electron chi connectivity index (χ3n) is 6.87. The molecule has 9 heteroatoms. The van der Waals surface area contributed by atoms with Gasteiger partial charge in [-0.3, -0.25) is 4.79 Å². The van der Waals surface area contributed by atoms with Gasteiger partial charge in [0.05, 0.1) is 16.5 Å². The summed E-state index contributed by atoms with van der Waals surface area (Å²) in [6.45, 7) is 1.93. The normalized spacial score (nSPS) is 18.8. The number of amides is 1. The molecule has 0 aromatic heterocycles. The average Bonchev–Trinajstić information content (AvgIpc) is 2.83. The number of nitrogens with one attached hydrogen (secondary N) is 1. The highest BCUT2D eigenvalue weighted by Crippen LogP contribution is 2.36. The van der Waals surface area contributed by atoms with Gasteiger partial charge >= 0.3 is 6.18 Å². The molecular formula is C25H29F3N2O3S. The van der Waals surface area contributed by atoms with Crippen LogP contribution in [0.15, 0.2) is 47.4 Å². The minimum Gasteiger partial charge on any atom is -0.349 e. The zero-order chi connectivity index (χ0) is 24.5. The molecule has 1 amide bonds. The molecule has 2 aromatic carbocycles. The van der Waals surface area contributed by atoms with Crippen LogP contribution in [0.1, 0.15) is 60.9 Å². The summed E-state index contributed by atoms with van der Waals surface area (Å²) in [5.41, 5.74) is 2.57. The van der Waals surface area contributed by atoms with E-state index in [1.54, 1.807) is 0 Å². The summed E-state index contributed by atoms with van der Waals surface area (Å²) >= 11 is 0. The molecule has 0 spiro atoms. The fourth-order valence-electron chi connectivity index (χ4n) is 4.86. The Hall–Kier alpha value is -2.39. The number of rotatable bonds is 5. The van der Waals surface area contributed by atoms with Gasteiger partial charge in [0.15, 0.2) is 0 Å². The minimum absolute atomic E-state index is 0.000161. The SMILES string of the molecule is CC(NC(=O)C1CCN(S(=O)(=O)c2ccccc2C(F)(F)F)CC1)c1ccc2c(c1)CCCC2. The van der Waals surface area contributed by atoms with Crippen molar-refractivity contribution in [2.24, 2.45) is 5.92 Å². The van der Waals surface area contributed by atoms with Crippen molar-refractivity contribution in [3.63, 3.8) is 0 Å². The van der Waals surface area contributed by atoms with Crippen molar-refractivity contribution < 1.29 is 26.4 Å². The highest BCUT2D eigenvalue weighted by Gasteiger charge is 2.40. The molecule has 1 aliphatic carbocycles. The number of nitrogens with zero attached hydrogens (tertiary/aromatic N) is 1. The van der Waals surface area contributed by atoms with Crippen LogP contribution in [-0.4, -0.2) is 31.7 Å². The molecule has 1 heterocycles. The highest BCUT2D eigenvalue weighted by atomic mass is 32.2. The van der Waals surface area contributed by atoms with Crippen LogP contribution >= 0.6 is 0 Å². The smallest absolute Gasteiger partial charge is 0.349 e. The maximum Gasteiger partial charge on any atom is 0.417 e. The molecule has 184 valence electrons. The third-order valence-corrected chi connectivity index (χ3v) is 8.82. The summed E-state index contributed by atoms with van der Waals surface area (Å²) in [6, 6.07) is 10.4. The molecule has 0 saturated carbocycles. The molecule has 5 nitrogen and oxygen atoms in total. The Labute approximate surface area is 198 Å². The molecular weight excluding hydrogens is 465 g/mol. The van der Waals surface area contributed by atoms with Gasteiger partial charge < -0.3 is 5.32 Å². The Morgan fingerprint density at radius 2 is 1.68 bits per heavy atom. The lowest BCUT2D eigenvalue weighted by molar-refractivity contribution is -0.139. The number of piperidine rings is 1. The Kier molecular flexibility index (Phi) is 7.05. The van der Waals surface area contributed by atoms with Crippen LogP contribution in [0.4, 0.5) is 13.2 Å². The van der Waals surface area contributed by atoms with E-state index < -0.39 is 26.7 Å². The van der Waals surface area contributed by atoms with Gasteiger partial charge in [0.2, 0.25) is 15.9 Å². The van der Waals surface area contributed by atoms with Crippen molar-refractivity contribution in [3.05, 3.63) is 64.7 Å². The number of hydrogen-bond acceptors (Lipinski definition) is 3. The first-order valence-electron chi connectivity index (χ1n) is 11.7. The van der Waals surface area contributed by atoms with Crippen LogP contribution in [0.2, 0.25) is 0 Å². The first-order valence-corrected chi connectivity index (χ1v) is 13.1. The summed E-state index contributed by atoms with van der Waals surface area (Å²) in [6.07, 6.45) is 0.265. The third kappa shape index (κ3) is 5.15. The molecule has 1 N–H and O–H groups in total. The number of hydrogen-bond donors (Lipinski definition) is 1. The molecule has 2 aliphatic rings. The molecule has 1 atom stereocenters.